The van der Waals surface area contributed by atoms with Crippen molar-refractivity contribution in [3.63, 3.8) is 0 Å². The predicted molar refractivity (Wildman–Crippen MR) is 90.3 cm³/mol. The van der Waals surface area contributed by atoms with Crippen molar-refractivity contribution >= 4 is 22.8 Å². The maximum Gasteiger partial charge on any atom is 0.186 e. The van der Waals surface area contributed by atoms with E-state index in [-0.39, 0.29) is 5.41 Å². The Balaban J connectivity index is 2.40. The Morgan fingerprint density at radius 2 is 1.86 bits per heavy atom. The standard InChI is InChI=1S/C17H22N2OS/c1-12(17(2,3)4)19(5)16-18-15(14(11-20)21-16)13-9-7-6-8-10-13/h6-12H,1-5H3. The summed E-state index contributed by atoms with van der Waals surface area (Å²) in [6.45, 7) is 8.81. The summed E-state index contributed by atoms with van der Waals surface area (Å²) in [4.78, 5) is 18.9. The highest BCUT2D eigenvalue weighted by Crippen LogP contribution is 2.34. The summed E-state index contributed by atoms with van der Waals surface area (Å²) in [7, 11) is 2.04. The molecule has 1 aromatic carbocycles. The van der Waals surface area contributed by atoms with Gasteiger partial charge in [-0.05, 0) is 12.3 Å². The van der Waals surface area contributed by atoms with Crippen LogP contribution in [0.15, 0.2) is 30.3 Å². The third kappa shape index (κ3) is 3.32. The van der Waals surface area contributed by atoms with E-state index in [1.807, 2.05) is 37.4 Å². The quantitative estimate of drug-likeness (QED) is 0.780. The van der Waals surface area contributed by atoms with Gasteiger partial charge in [0.05, 0.1) is 10.6 Å². The van der Waals surface area contributed by atoms with Crippen LogP contribution < -0.4 is 4.90 Å². The van der Waals surface area contributed by atoms with Gasteiger partial charge in [0.1, 0.15) is 0 Å². The van der Waals surface area contributed by atoms with Crippen LogP contribution in [0.4, 0.5) is 5.13 Å². The highest BCUT2D eigenvalue weighted by molar-refractivity contribution is 7.17. The van der Waals surface area contributed by atoms with Crippen LogP contribution in [0, 0.1) is 5.41 Å². The van der Waals surface area contributed by atoms with Gasteiger partial charge in [-0.15, -0.1) is 0 Å². The number of rotatable bonds is 4. The van der Waals surface area contributed by atoms with Crippen LogP contribution in [-0.2, 0) is 0 Å². The molecule has 0 aliphatic carbocycles. The second kappa shape index (κ2) is 5.98. The zero-order valence-electron chi connectivity index (χ0n) is 13.3. The first-order valence-corrected chi connectivity index (χ1v) is 7.90. The van der Waals surface area contributed by atoms with Gasteiger partial charge in [-0.3, -0.25) is 4.79 Å². The van der Waals surface area contributed by atoms with E-state index in [4.69, 9.17) is 4.98 Å². The molecule has 3 nitrogen and oxygen atoms in total. The Bertz CT molecular complexity index is 613. The number of hydrogen-bond donors (Lipinski definition) is 0. The number of anilines is 1. The molecule has 0 aliphatic rings. The van der Waals surface area contributed by atoms with Crippen molar-refractivity contribution in [3.05, 3.63) is 35.2 Å². The van der Waals surface area contributed by atoms with E-state index in [9.17, 15) is 4.79 Å². The molecule has 112 valence electrons. The lowest BCUT2D eigenvalue weighted by molar-refractivity contribution is 0.112. The van der Waals surface area contributed by atoms with E-state index < -0.39 is 0 Å². The Labute approximate surface area is 130 Å². The number of carbonyl (C=O) groups excluding carboxylic acids is 1. The molecule has 0 fully saturated rings. The van der Waals surface area contributed by atoms with Crippen molar-refractivity contribution in [2.45, 2.75) is 33.7 Å². The number of thiazole rings is 1. The summed E-state index contributed by atoms with van der Waals surface area (Å²) in [6, 6.07) is 10.2. The first kappa shape index (κ1) is 15.7. The molecule has 2 aromatic rings. The molecule has 2 rings (SSSR count). The topological polar surface area (TPSA) is 33.2 Å². The van der Waals surface area contributed by atoms with Gasteiger partial charge < -0.3 is 4.90 Å². The second-order valence-corrected chi connectivity index (χ2v) is 7.36. The van der Waals surface area contributed by atoms with Crippen molar-refractivity contribution in [2.24, 2.45) is 5.41 Å². The molecule has 1 unspecified atom stereocenters. The number of benzene rings is 1. The minimum atomic E-state index is 0.147. The van der Waals surface area contributed by atoms with Crippen LogP contribution >= 0.6 is 11.3 Å². The van der Waals surface area contributed by atoms with Crippen LogP contribution in [0.25, 0.3) is 11.3 Å². The molecule has 0 spiro atoms. The molecule has 21 heavy (non-hydrogen) atoms. The first-order chi connectivity index (χ1) is 9.84. The minimum Gasteiger partial charge on any atom is -0.348 e. The Morgan fingerprint density at radius 1 is 1.24 bits per heavy atom. The average Bonchev–Trinajstić information content (AvgIpc) is 2.90. The monoisotopic (exact) mass is 302 g/mol. The van der Waals surface area contributed by atoms with Crippen molar-refractivity contribution in [2.75, 3.05) is 11.9 Å². The normalized spacial score (nSPS) is 13.0. The van der Waals surface area contributed by atoms with Crippen LogP contribution in [0.5, 0.6) is 0 Å². The van der Waals surface area contributed by atoms with Crippen LogP contribution in [0.2, 0.25) is 0 Å². The van der Waals surface area contributed by atoms with E-state index in [2.05, 4.69) is 32.6 Å². The smallest absolute Gasteiger partial charge is 0.186 e. The minimum absolute atomic E-state index is 0.147. The van der Waals surface area contributed by atoms with Gasteiger partial charge in [-0.25, -0.2) is 4.98 Å². The summed E-state index contributed by atoms with van der Waals surface area (Å²) in [5, 5.41) is 0.887. The summed E-state index contributed by atoms with van der Waals surface area (Å²) < 4.78 is 0. The van der Waals surface area contributed by atoms with Gasteiger partial charge in [0.15, 0.2) is 11.4 Å². The number of aldehydes is 1. The Kier molecular flexibility index (Phi) is 4.47. The summed E-state index contributed by atoms with van der Waals surface area (Å²) >= 11 is 1.45. The van der Waals surface area contributed by atoms with E-state index in [0.29, 0.717) is 10.9 Å². The fourth-order valence-corrected chi connectivity index (χ4v) is 3.04. The lowest BCUT2D eigenvalue weighted by Gasteiger charge is -2.35. The van der Waals surface area contributed by atoms with Crippen molar-refractivity contribution in [1.29, 1.82) is 0 Å². The molecule has 0 amide bonds. The predicted octanol–water partition coefficient (Wildman–Crippen LogP) is 4.49. The van der Waals surface area contributed by atoms with Crippen LogP contribution in [0.3, 0.4) is 0 Å². The molecule has 0 bridgehead atoms. The third-order valence-electron chi connectivity index (χ3n) is 3.93. The van der Waals surface area contributed by atoms with Gasteiger partial charge in [0, 0.05) is 18.7 Å². The Hall–Kier alpha value is -1.68. The van der Waals surface area contributed by atoms with E-state index >= 15 is 0 Å². The summed E-state index contributed by atoms with van der Waals surface area (Å²) in [5.74, 6) is 0. The molecular weight excluding hydrogens is 280 g/mol. The molecule has 0 aliphatic heterocycles. The van der Waals surface area contributed by atoms with Gasteiger partial charge >= 0.3 is 0 Å². The maximum atomic E-state index is 11.4. The second-order valence-electron chi connectivity index (χ2n) is 6.35. The first-order valence-electron chi connectivity index (χ1n) is 7.09. The molecule has 1 atom stereocenters. The SMILES string of the molecule is CC(N(C)c1nc(-c2ccccc2)c(C=O)s1)C(C)(C)C. The molecule has 0 saturated heterocycles. The van der Waals surface area contributed by atoms with Crippen molar-refractivity contribution in [1.82, 2.24) is 4.98 Å². The van der Waals surface area contributed by atoms with Crippen molar-refractivity contribution in [3.8, 4) is 11.3 Å². The lowest BCUT2D eigenvalue weighted by atomic mass is 9.87. The molecule has 4 heteroatoms. The number of aromatic nitrogens is 1. The number of carbonyl (C=O) groups is 1. The van der Waals surface area contributed by atoms with Gasteiger partial charge in [-0.1, -0.05) is 62.4 Å². The largest absolute Gasteiger partial charge is 0.348 e. The molecule has 0 N–H and O–H groups in total. The number of hydrogen-bond acceptors (Lipinski definition) is 4. The van der Waals surface area contributed by atoms with Crippen LogP contribution in [0.1, 0.15) is 37.4 Å². The van der Waals surface area contributed by atoms with E-state index in [0.717, 1.165) is 22.7 Å². The van der Waals surface area contributed by atoms with Gasteiger partial charge in [0.25, 0.3) is 0 Å². The van der Waals surface area contributed by atoms with E-state index in [1.165, 1.54) is 11.3 Å². The highest BCUT2D eigenvalue weighted by Gasteiger charge is 2.26. The van der Waals surface area contributed by atoms with Crippen LogP contribution in [-0.4, -0.2) is 24.4 Å². The van der Waals surface area contributed by atoms with E-state index in [1.54, 1.807) is 0 Å². The highest BCUT2D eigenvalue weighted by atomic mass is 32.1. The number of nitrogens with zero attached hydrogens (tertiary/aromatic N) is 2. The maximum absolute atomic E-state index is 11.4. The fraction of sp³-hybridized carbons (Fsp3) is 0.412. The molecule has 0 radical (unpaired) electrons. The van der Waals surface area contributed by atoms with Crippen molar-refractivity contribution < 1.29 is 4.79 Å². The van der Waals surface area contributed by atoms with Gasteiger partial charge in [0.2, 0.25) is 0 Å². The lowest BCUT2D eigenvalue weighted by Crippen LogP contribution is -2.39. The molecule has 1 heterocycles. The summed E-state index contributed by atoms with van der Waals surface area (Å²) in [5.41, 5.74) is 1.91. The molecular formula is C17H22N2OS. The average molecular weight is 302 g/mol. The van der Waals surface area contributed by atoms with Gasteiger partial charge in [-0.2, -0.15) is 0 Å². The fourth-order valence-electron chi connectivity index (χ4n) is 2.10. The molecule has 1 aromatic heterocycles. The third-order valence-corrected chi connectivity index (χ3v) is 5.00. The molecule has 0 saturated carbocycles. The zero-order valence-corrected chi connectivity index (χ0v) is 14.1. The zero-order chi connectivity index (χ0) is 15.6. The Morgan fingerprint density at radius 3 is 2.38 bits per heavy atom. The summed E-state index contributed by atoms with van der Waals surface area (Å²) in [6.07, 6.45) is 0.902.